The van der Waals surface area contributed by atoms with Gasteiger partial charge in [0, 0.05) is 16.5 Å². The first-order chi connectivity index (χ1) is 16.5. The molecule has 0 fully saturated rings. The van der Waals surface area contributed by atoms with E-state index in [-0.39, 0.29) is 5.91 Å². The molecule has 8 heteroatoms. The van der Waals surface area contributed by atoms with E-state index < -0.39 is 11.2 Å². The lowest BCUT2D eigenvalue weighted by molar-refractivity contribution is -0.115. The standard InChI is InChI=1S/C26H24N4O2S2/c1-3-21(34-22-13-20(28-15-29-22)18-7-5-4-6-8-18)25(32)30-26-23(24(27)31)19(14-33-26)17-11-9-16(2)10-12-17/h4-15,21H,3H2,1-2H3,(H2,27,31)(H,30,32). The first-order valence-electron chi connectivity index (χ1n) is 10.8. The number of hydrogen-bond acceptors (Lipinski definition) is 6. The Morgan fingerprint density at radius 1 is 1.06 bits per heavy atom. The van der Waals surface area contributed by atoms with Crippen LogP contribution >= 0.6 is 23.1 Å². The van der Waals surface area contributed by atoms with Gasteiger partial charge in [-0.1, -0.05) is 78.8 Å². The van der Waals surface area contributed by atoms with E-state index in [9.17, 15) is 9.59 Å². The van der Waals surface area contributed by atoms with E-state index in [0.717, 1.165) is 27.9 Å². The second-order valence-corrected chi connectivity index (χ2v) is 9.80. The smallest absolute Gasteiger partial charge is 0.252 e. The fraction of sp³-hybridized carbons (Fsp3) is 0.154. The molecule has 0 radical (unpaired) electrons. The quantitative estimate of drug-likeness (QED) is 0.242. The highest BCUT2D eigenvalue weighted by Gasteiger charge is 2.24. The number of aromatic nitrogens is 2. The molecule has 0 aliphatic heterocycles. The Hall–Kier alpha value is -3.49. The number of rotatable bonds is 8. The zero-order valence-corrected chi connectivity index (χ0v) is 20.5. The van der Waals surface area contributed by atoms with Crippen molar-refractivity contribution in [1.82, 2.24) is 9.97 Å². The average molecular weight is 489 g/mol. The van der Waals surface area contributed by atoms with Crippen molar-refractivity contribution in [3.05, 3.63) is 83.5 Å². The summed E-state index contributed by atoms with van der Waals surface area (Å²) in [4.78, 5) is 34.1. The topological polar surface area (TPSA) is 98.0 Å². The molecule has 0 saturated heterocycles. The normalized spacial score (nSPS) is 11.7. The maximum absolute atomic E-state index is 13.1. The number of benzene rings is 2. The van der Waals surface area contributed by atoms with E-state index in [1.165, 1.54) is 29.4 Å². The zero-order chi connectivity index (χ0) is 24.1. The summed E-state index contributed by atoms with van der Waals surface area (Å²) in [5.74, 6) is -0.775. The lowest BCUT2D eigenvalue weighted by Crippen LogP contribution is -2.25. The zero-order valence-electron chi connectivity index (χ0n) is 18.8. The fourth-order valence-corrected chi connectivity index (χ4v) is 5.36. The summed E-state index contributed by atoms with van der Waals surface area (Å²) in [5, 5.41) is 5.54. The maximum atomic E-state index is 13.1. The minimum atomic E-state index is -0.573. The first-order valence-corrected chi connectivity index (χ1v) is 12.6. The number of nitrogens with two attached hydrogens (primary N) is 1. The molecular formula is C26H24N4O2S2. The third-order valence-corrected chi connectivity index (χ3v) is 7.47. The van der Waals surface area contributed by atoms with Crippen LogP contribution in [0.15, 0.2) is 77.4 Å². The molecule has 172 valence electrons. The maximum Gasteiger partial charge on any atom is 0.252 e. The lowest BCUT2D eigenvalue weighted by Gasteiger charge is -2.14. The van der Waals surface area contributed by atoms with E-state index in [1.807, 2.05) is 79.9 Å². The predicted molar refractivity (Wildman–Crippen MR) is 139 cm³/mol. The van der Waals surface area contributed by atoms with Gasteiger partial charge in [0.05, 0.1) is 16.5 Å². The lowest BCUT2D eigenvalue weighted by atomic mass is 10.0. The molecular weight excluding hydrogens is 464 g/mol. The van der Waals surface area contributed by atoms with Crippen molar-refractivity contribution in [2.75, 3.05) is 5.32 Å². The van der Waals surface area contributed by atoms with Crippen LogP contribution in [0, 0.1) is 6.92 Å². The van der Waals surface area contributed by atoms with Gasteiger partial charge in [-0.2, -0.15) is 0 Å². The summed E-state index contributed by atoms with van der Waals surface area (Å²) in [6.07, 6.45) is 2.09. The van der Waals surface area contributed by atoms with Gasteiger partial charge in [-0.25, -0.2) is 9.97 Å². The molecule has 0 spiro atoms. The molecule has 0 bridgehead atoms. The molecule has 4 rings (SSSR count). The number of thioether (sulfide) groups is 1. The molecule has 3 N–H and O–H groups in total. The van der Waals surface area contributed by atoms with Gasteiger partial charge in [0.1, 0.15) is 16.4 Å². The number of primary amides is 1. The second kappa shape index (κ2) is 10.6. The number of amides is 2. The van der Waals surface area contributed by atoms with Crippen molar-refractivity contribution < 1.29 is 9.59 Å². The van der Waals surface area contributed by atoms with Crippen LogP contribution in [-0.2, 0) is 4.79 Å². The Kier molecular flexibility index (Phi) is 7.40. The van der Waals surface area contributed by atoms with Crippen molar-refractivity contribution in [2.24, 2.45) is 5.73 Å². The minimum absolute atomic E-state index is 0.202. The third-order valence-electron chi connectivity index (χ3n) is 5.27. The van der Waals surface area contributed by atoms with Gasteiger partial charge >= 0.3 is 0 Å². The van der Waals surface area contributed by atoms with E-state index >= 15 is 0 Å². The number of thiophene rings is 1. The highest BCUT2D eigenvalue weighted by atomic mass is 32.2. The summed E-state index contributed by atoms with van der Waals surface area (Å²) in [6, 6.07) is 19.5. The van der Waals surface area contributed by atoms with Crippen LogP contribution in [0.4, 0.5) is 5.00 Å². The van der Waals surface area contributed by atoms with Gasteiger partial charge in [-0.05, 0) is 25.0 Å². The Balaban J connectivity index is 1.54. The second-order valence-electron chi connectivity index (χ2n) is 7.70. The Bertz CT molecular complexity index is 1300. The number of nitrogens with zero attached hydrogens (tertiary/aromatic N) is 2. The molecule has 2 amide bonds. The highest BCUT2D eigenvalue weighted by Crippen LogP contribution is 2.36. The van der Waals surface area contributed by atoms with Crippen LogP contribution in [0.3, 0.4) is 0 Å². The number of aryl methyl sites for hydroxylation is 1. The summed E-state index contributed by atoms with van der Waals surface area (Å²) in [5.41, 5.74) is 10.5. The van der Waals surface area contributed by atoms with Gasteiger partial charge in [-0.15, -0.1) is 11.3 Å². The molecule has 1 atom stereocenters. The molecule has 4 aromatic rings. The van der Waals surface area contributed by atoms with Crippen LogP contribution in [0.25, 0.3) is 22.4 Å². The van der Waals surface area contributed by atoms with Crippen LogP contribution in [0.2, 0.25) is 0 Å². The fourth-order valence-electron chi connectivity index (χ4n) is 3.47. The summed E-state index contributed by atoms with van der Waals surface area (Å²) < 4.78 is 0. The molecule has 1 unspecified atom stereocenters. The molecule has 34 heavy (non-hydrogen) atoms. The van der Waals surface area contributed by atoms with Crippen molar-refractivity contribution in [2.45, 2.75) is 30.5 Å². The van der Waals surface area contributed by atoms with Gasteiger partial charge in [0.25, 0.3) is 5.91 Å². The van der Waals surface area contributed by atoms with Crippen LogP contribution in [0.1, 0.15) is 29.3 Å². The van der Waals surface area contributed by atoms with Crippen molar-refractivity contribution in [3.8, 4) is 22.4 Å². The van der Waals surface area contributed by atoms with Crippen molar-refractivity contribution >= 4 is 39.9 Å². The largest absolute Gasteiger partial charge is 0.365 e. The summed E-state index contributed by atoms with van der Waals surface area (Å²) in [7, 11) is 0. The number of carbonyl (C=O) groups excluding carboxylic acids is 2. The average Bonchev–Trinajstić information content (AvgIpc) is 3.27. The predicted octanol–water partition coefficient (Wildman–Crippen LogP) is 5.79. The Labute approximate surface area is 206 Å². The molecule has 0 aliphatic rings. The first kappa shape index (κ1) is 23.7. The summed E-state index contributed by atoms with van der Waals surface area (Å²) >= 11 is 2.67. The van der Waals surface area contributed by atoms with Gasteiger partial charge in [-0.3, -0.25) is 9.59 Å². The van der Waals surface area contributed by atoms with Crippen molar-refractivity contribution in [1.29, 1.82) is 0 Å². The molecule has 6 nitrogen and oxygen atoms in total. The van der Waals surface area contributed by atoms with E-state index in [2.05, 4.69) is 15.3 Å². The number of hydrogen-bond donors (Lipinski definition) is 2. The van der Waals surface area contributed by atoms with Crippen LogP contribution in [-0.4, -0.2) is 27.0 Å². The Morgan fingerprint density at radius 2 is 1.79 bits per heavy atom. The molecule has 2 aromatic heterocycles. The van der Waals surface area contributed by atoms with E-state index in [4.69, 9.17) is 5.73 Å². The summed E-state index contributed by atoms with van der Waals surface area (Å²) in [6.45, 7) is 3.94. The number of nitrogens with one attached hydrogen (secondary N) is 1. The van der Waals surface area contributed by atoms with E-state index in [1.54, 1.807) is 0 Å². The molecule has 0 saturated carbocycles. The van der Waals surface area contributed by atoms with Gasteiger partial charge < -0.3 is 11.1 Å². The van der Waals surface area contributed by atoms with Crippen molar-refractivity contribution in [3.63, 3.8) is 0 Å². The van der Waals surface area contributed by atoms with Crippen LogP contribution in [0.5, 0.6) is 0 Å². The van der Waals surface area contributed by atoms with Crippen LogP contribution < -0.4 is 11.1 Å². The number of anilines is 1. The van der Waals surface area contributed by atoms with Gasteiger partial charge in [0.15, 0.2) is 0 Å². The SMILES string of the molecule is CCC(Sc1cc(-c2ccccc2)ncn1)C(=O)Nc1scc(-c2ccc(C)cc2)c1C(N)=O. The van der Waals surface area contributed by atoms with Gasteiger partial charge in [0.2, 0.25) is 5.91 Å². The number of carbonyl (C=O) groups is 2. The molecule has 2 aromatic carbocycles. The highest BCUT2D eigenvalue weighted by molar-refractivity contribution is 8.00. The Morgan fingerprint density at radius 3 is 2.47 bits per heavy atom. The third kappa shape index (κ3) is 5.35. The van der Waals surface area contributed by atoms with E-state index in [0.29, 0.717) is 22.0 Å². The molecule has 0 aliphatic carbocycles. The monoisotopic (exact) mass is 488 g/mol. The minimum Gasteiger partial charge on any atom is -0.365 e. The molecule has 2 heterocycles.